The summed E-state index contributed by atoms with van der Waals surface area (Å²) in [5, 5.41) is 15.1. The number of carbonyl (C=O) groups excluding carboxylic acids is 1. The topological polar surface area (TPSA) is 106 Å². The van der Waals surface area contributed by atoms with E-state index in [1.807, 2.05) is 45.0 Å². The smallest absolute Gasteiger partial charge is 0.407 e. The Hall–Kier alpha value is -2.32. The first-order chi connectivity index (χ1) is 13.8. The van der Waals surface area contributed by atoms with Gasteiger partial charge < -0.3 is 24.6 Å². The van der Waals surface area contributed by atoms with Crippen LogP contribution in [0.25, 0.3) is 0 Å². The second-order valence-corrected chi connectivity index (χ2v) is 9.66. The zero-order chi connectivity index (χ0) is 22.6. The molecule has 1 atom stereocenters. The zero-order valence-corrected chi connectivity index (χ0v) is 18.7. The number of hydrogen-bond donors (Lipinski definition) is 3. The van der Waals surface area contributed by atoms with Gasteiger partial charge in [0.1, 0.15) is 17.0 Å². The van der Waals surface area contributed by atoms with Gasteiger partial charge in [-0.2, -0.15) is 0 Å². The fraction of sp³-hybridized carbons (Fsp3) is 0.636. The van der Waals surface area contributed by atoms with Gasteiger partial charge in [-0.05, 0) is 65.7 Å². The van der Waals surface area contributed by atoms with Crippen LogP contribution in [-0.2, 0) is 20.7 Å². The van der Waals surface area contributed by atoms with Crippen molar-refractivity contribution < 1.29 is 28.9 Å². The maximum absolute atomic E-state index is 12.5. The molecular weight excluding hydrogens is 388 g/mol. The quantitative estimate of drug-likeness (QED) is 0.591. The summed E-state index contributed by atoms with van der Waals surface area (Å²) in [6.45, 7) is 11.7. The van der Waals surface area contributed by atoms with Crippen LogP contribution in [0.5, 0.6) is 5.75 Å². The number of benzene rings is 1. The summed E-state index contributed by atoms with van der Waals surface area (Å²) in [6, 6.07) is 7.24. The summed E-state index contributed by atoms with van der Waals surface area (Å²) in [5.74, 6) is -0.213. The molecule has 1 aromatic carbocycles. The molecule has 0 saturated carbocycles. The summed E-state index contributed by atoms with van der Waals surface area (Å²) in [6.07, 6.45) is -0.0750. The van der Waals surface area contributed by atoms with E-state index in [4.69, 9.17) is 19.3 Å². The number of carboxylic acid groups (broad SMARTS) is 1. The highest BCUT2D eigenvalue weighted by Crippen LogP contribution is 2.26. The van der Waals surface area contributed by atoms with Crippen molar-refractivity contribution in [1.82, 2.24) is 10.6 Å². The zero-order valence-electron chi connectivity index (χ0n) is 18.7. The molecule has 30 heavy (non-hydrogen) atoms. The lowest BCUT2D eigenvalue weighted by Gasteiger charge is -2.47. The van der Waals surface area contributed by atoms with Crippen molar-refractivity contribution in [2.24, 2.45) is 0 Å². The predicted molar refractivity (Wildman–Crippen MR) is 113 cm³/mol. The summed E-state index contributed by atoms with van der Waals surface area (Å²) >= 11 is 0. The molecule has 8 heteroatoms. The van der Waals surface area contributed by atoms with Gasteiger partial charge in [0.05, 0.1) is 31.3 Å². The number of carboxylic acids is 1. The third-order valence-electron chi connectivity index (χ3n) is 4.46. The highest BCUT2D eigenvalue weighted by molar-refractivity contribution is 5.70. The molecule has 8 nitrogen and oxygen atoms in total. The summed E-state index contributed by atoms with van der Waals surface area (Å²) < 4.78 is 16.7. The Bertz CT molecular complexity index is 729. The molecule has 2 rings (SSSR count). The Morgan fingerprint density at radius 2 is 1.70 bits per heavy atom. The third kappa shape index (κ3) is 7.50. The van der Waals surface area contributed by atoms with E-state index in [0.29, 0.717) is 19.6 Å². The van der Waals surface area contributed by atoms with Crippen LogP contribution in [0.15, 0.2) is 24.3 Å². The first-order valence-corrected chi connectivity index (χ1v) is 10.1. The molecule has 0 radical (unpaired) electrons. The number of carbonyl (C=O) groups is 2. The van der Waals surface area contributed by atoms with Gasteiger partial charge >= 0.3 is 12.1 Å². The Kier molecular flexibility index (Phi) is 7.36. The SMILES string of the molecule is CC(C)(C)OC(=O)N[C@H](Cc1ccc(OC(C)(C)C)cc1)C1(NCC(=O)O)COC1. The summed E-state index contributed by atoms with van der Waals surface area (Å²) in [4.78, 5) is 23.6. The Morgan fingerprint density at radius 3 is 2.13 bits per heavy atom. The number of ether oxygens (including phenoxy) is 3. The van der Waals surface area contributed by atoms with Crippen LogP contribution in [0, 0.1) is 0 Å². The van der Waals surface area contributed by atoms with E-state index in [1.54, 1.807) is 20.8 Å². The molecule has 0 aliphatic carbocycles. The van der Waals surface area contributed by atoms with Crippen molar-refractivity contribution in [1.29, 1.82) is 0 Å². The van der Waals surface area contributed by atoms with Crippen molar-refractivity contribution in [2.45, 2.75) is 70.7 Å². The third-order valence-corrected chi connectivity index (χ3v) is 4.46. The van der Waals surface area contributed by atoms with E-state index in [2.05, 4.69) is 10.6 Å². The van der Waals surface area contributed by atoms with Crippen molar-refractivity contribution in [2.75, 3.05) is 19.8 Å². The fourth-order valence-electron chi connectivity index (χ4n) is 3.12. The molecule has 1 aliphatic heterocycles. The van der Waals surface area contributed by atoms with Gasteiger partial charge in [0.15, 0.2) is 0 Å². The van der Waals surface area contributed by atoms with Gasteiger partial charge in [-0.25, -0.2) is 4.79 Å². The van der Waals surface area contributed by atoms with Crippen LogP contribution in [0.1, 0.15) is 47.1 Å². The lowest BCUT2D eigenvalue weighted by molar-refractivity contribution is -0.139. The molecule has 3 N–H and O–H groups in total. The second kappa shape index (κ2) is 9.22. The second-order valence-electron chi connectivity index (χ2n) is 9.66. The van der Waals surface area contributed by atoms with Gasteiger partial charge in [0, 0.05) is 0 Å². The molecule has 0 spiro atoms. The number of nitrogens with one attached hydrogen (secondary N) is 2. The summed E-state index contributed by atoms with van der Waals surface area (Å²) in [7, 11) is 0. The average molecular weight is 423 g/mol. The lowest BCUT2D eigenvalue weighted by Crippen LogP contribution is -2.72. The Morgan fingerprint density at radius 1 is 1.10 bits per heavy atom. The molecule has 0 bridgehead atoms. The van der Waals surface area contributed by atoms with Crippen LogP contribution in [-0.4, -0.2) is 59.7 Å². The monoisotopic (exact) mass is 422 g/mol. The minimum atomic E-state index is -0.971. The molecule has 1 heterocycles. The minimum Gasteiger partial charge on any atom is -0.488 e. The lowest BCUT2D eigenvalue weighted by atomic mass is 9.83. The minimum absolute atomic E-state index is 0.228. The molecule has 1 saturated heterocycles. The Labute approximate surface area is 178 Å². The Balaban J connectivity index is 2.18. The number of alkyl carbamates (subject to hydrolysis) is 1. The van der Waals surface area contributed by atoms with Crippen molar-refractivity contribution >= 4 is 12.1 Å². The van der Waals surface area contributed by atoms with Crippen LogP contribution < -0.4 is 15.4 Å². The number of rotatable bonds is 8. The predicted octanol–water partition coefficient (Wildman–Crippen LogP) is 2.74. The molecule has 1 aliphatic rings. The van der Waals surface area contributed by atoms with E-state index < -0.39 is 29.2 Å². The van der Waals surface area contributed by atoms with Crippen LogP contribution in [0.3, 0.4) is 0 Å². The van der Waals surface area contributed by atoms with Crippen LogP contribution in [0.4, 0.5) is 4.79 Å². The molecule has 1 amide bonds. The van der Waals surface area contributed by atoms with Crippen molar-refractivity contribution in [3.05, 3.63) is 29.8 Å². The van der Waals surface area contributed by atoms with Gasteiger partial charge in [-0.3, -0.25) is 10.1 Å². The van der Waals surface area contributed by atoms with E-state index in [-0.39, 0.29) is 12.1 Å². The van der Waals surface area contributed by atoms with Gasteiger partial charge in [0.2, 0.25) is 0 Å². The van der Waals surface area contributed by atoms with Gasteiger partial charge in [-0.1, -0.05) is 12.1 Å². The molecule has 0 aromatic heterocycles. The normalized spacial score (nSPS) is 16.9. The number of hydrogen-bond acceptors (Lipinski definition) is 6. The standard InChI is InChI=1S/C22H34N2O6/c1-20(2,3)29-16-9-7-15(8-10-16)11-17(24-19(27)30-21(4,5)6)22(13-28-14-22)23-12-18(25)26/h7-10,17,23H,11-14H2,1-6H3,(H,24,27)(H,25,26)/t17-/m1/s1. The van der Waals surface area contributed by atoms with Crippen molar-refractivity contribution in [3.63, 3.8) is 0 Å². The number of amides is 1. The molecule has 168 valence electrons. The largest absolute Gasteiger partial charge is 0.488 e. The average Bonchev–Trinajstić information content (AvgIpc) is 2.52. The molecule has 1 fully saturated rings. The maximum Gasteiger partial charge on any atom is 0.407 e. The van der Waals surface area contributed by atoms with Gasteiger partial charge in [-0.15, -0.1) is 0 Å². The van der Waals surface area contributed by atoms with E-state index in [9.17, 15) is 9.59 Å². The van der Waals surface area contributed by atoms with Crippen LogP contribution >= 0.6 is 0 Å². The molecular formula is C22H34N2O6. The van der Waals surface area contributed by atoms with E-state index in [0.717, 1.165) is 11.3 Å². The first kappa shape index (κ1) is 24.0. The molecule has 0 unspecified atom stereocenters. The number of aliphatic carboxylic acids is 1. The highest BCUT2D eigenvalue weighted by Gasteiger charge is 2.47. The maximum atomic E-state index is 12.5. The van der Waals surface area contributed by atoms with Gasteiger partial charge in [0.25, 0.3) is 0 Å². The highest BCUT2D eigenvalue weighted by atomic mass is 16.6. The first-order valence-electron chi connectivity index (χ1n) is 10.1. The summed E-state index contributed by atoms with van der Waals surface area (Å²) in [5.41, 5.74) is -0.648. The fourth-order valence-corrected chi connectivity index (χ4v) is 3.12. The van der Waals surface area contributed by atoms with E-state index in [1.165, 1.54) is 0 Å². The van der Waals surface area contributed by atoms with E-state index >= 15 is 0 Å². The van der Waals surface area contributed by atoms with Crippen LogP contribution in [0.2, 0.25) is 0 Å². The van der Waals surface area contributed by atoms with Crippen molar-refractivity contribution in [3.8, 4) is 5.75 Å². The molecule has 1 aromatic rings.